The van der Waals surface area contributed by atoms with Gasteiger partial charge in [0.1, 0.15) is 23.8 Å². The van der Waals surface area contributed by atoms with Crippen LogP contribution in [-0.4, -0.2) is 38.0 Å². The van der Waals surface area contributed by atoms with E-state index in [0.717, 1.165) is 49.0 Å². The molecule has 4 heterocycles. The molecular formula is C27H25ClFN7OS. The predicted octanol–water partition coefficient (Wildman–Crippen LogP) is 6.34. The average molecular weight is 550 g/mol. The molecule has 8 nitrogen and oxygen atoms in total. The summed E-state index contributed by atoms with van der Waals surface area (Å²) >= 11 is 8.12. The molecule has 3 aromatic heterocycles. The summed E-state index contributed by atoms with van der Waals surface area (Å²) < 4.78 is 23.2. The number of halogens is 2. The van der Waals surface area contributed by atoms with Crippen LogP contribution in [-0.2, 0) is 6.61 Å². The summed E-state index contributed by atoms with van der Waals surface area (Å²) in [4.78, 5) is 24.3. The van der Waals surface area contributed by atoms with Crippen LogP contribution in [0, 0.1) is 12.7 Å². The quantitative estimate of drug-likeness (QED) is 0.271. The minimum Gasteiger partial charge on any atom is -0.458 e. The van der Waals surface area contributed by atoms with E-state index < -0.39 is 5.82 Å². The van der Waals surface area contributed by atoms with E-state index in [1.165, 1.54) is 11.3 Å². The van der Waals surface area contributed by atoms with Crippen molar-refractivity contribution in [2.75, 3.05) is 23.7 Å². The number of ether oxygens (including phenoxy) is 1. The van der Waals surface area contributed by atoms with Gasteiger partial charge in [0.25, 0.3) is 0 Å². The molecule has 1 fully saturated rings. The first-order valence-electron chi connectivity index (χ1n) is 12.5. The molecule has 0 spiro atoms. The first-order chi connectivity index (χ1) is 18.5. The molecule has 2 N–H and O–H groups in total. The Kier molecular flexibility index (Phi) is 6.67. The molecule has 1 aliphatic rings. The van der Waals surface area contributed by atoms with Gasteiger partial charge >= 0.3 is 6.01 Å². The Balaban J connectivity index is 1.51. The van der Waals surface area contributed by atoms with Gasteiger partial charge in [-0.2, -0.15) is 9.97 Å². The van der Waals surface area contributed by atoms with E-state index >= 15 is 4.39 Å². The number of aryl methyl sites for hydroxylation is 1. The number of benzene rings is 2. The zero-order valence-corrected chi connectivity index (χ0v) is 22.3. The van der Waals surface area contributed by atoms with Gasteiger partial charge in [0.15, 0.2) is 10.9 Å². The summed E-state index contributed by atoms with van der Waals surface area (Å²) in [5, 5.41) is 1.22. The average Bonchev–Trinajstić information content (AvgIpc) is 3.10. The summed E-state index contributed by atoms with van der Waals surface area (Å²) in [7, 11) is 0. The van der Waals surface area contributed by atoms with E-state index in [1.54, 1.807) is 24.5 Å². The Morgan fingerprint density at radius 2 is 1.82 bits per heavy atom. The van der Waals surface area contributed by atoms with Gasteiger partial charge in [0.2, 0.25) is 0 Å². The SMILES string of the molecule is Cc1ncc(COc2nc(N3CCCCCC3)c3cc(Cl)c(-c4cccc5sc(N)nc45)c(F)c3n2)cn1. The van der Waals surface area contributed by atoms with Crippen LogP contribution < -0.4 is 15.4 Å². The van der Waals surface area contributed by atoms with Crippen molar-refractivity contribution in [3.8, 4) is 17.1 Å². The second-order valence-electron chi connectivity index (χ2n) is 9.31. The molecule has 38 heavy (non-hydrogen) atoms. The van der Waals surface area contributed by atoms with Gasteiger partial charge in [-0.05, 0) is 31.9 Å². The van der Waals surface area contributed by atoms with Crippen molar-refractivity contribution in [3.05, 3.63) is 58.9 Å². The van der Waals surface area contributed by atoms with Crippen molar-refractivity contribution in [3.63, 3.8) is 0 Å². The Bertz CT molecular complexity index is 1640. The summed E-state index contributed by atoms with van der Waals surface area (Å²) in [5.74, 6) is 0.742. The normalized spacial score (nSPS) is 14.2. The fraction of sp³-hybridized carbons (Fsp3) is 0.296. The molecule has 0 bridgehead atoms. The zero-order valence-electron chi connectivity index (χ0n) is 20.7. The molecule has 0 atom stereocenters. The van der Waals surface area contributed by atoms with Crippen LogP contribution in [0.1, 0.15) is 37.1 Å². The summed E-state index contributed by atoms with van der Waals surface area (Å²) in [5.41, 5.74) is 8.27. The highest BCUT2D eigenvalue weighted by atomic mass is 35.5. The smallest absolute Gasteiger partial charge is 0.319 e. The number of thiazole rings is 1. The fourth-order valence-electron chi connectivity index (χ4n) is 4.80. The number of nitrogens with two attached hydrogens (primary N) is 1. The van der Waals surface area contributed by atoms with Crippen LogP contribution >= 0.6 is 22.9 Å². The molecule has 0 unspecified atom stereocenters. The number of nitrogen functional groups attached to an aromatic ring is 1. The van der Waals surface area contributed by atoms with Crippen LogP contribution in [0.3, 0.4) is 0 Å². The van der Waals surface area contributed by atoms with Crippen molar-refractivity contribution >= 4 is 55.0 Å². The highest BCUT2D eigenvalue weighted by molar-refractivity contribution is 7.22. The molecule has 1 saturated heterocycles. The monoisotopic (exact) mass is 549 g/mol. The second kappa shape index (κ2) is 10.3. The topological polar surface area (TPSA) is 103 Å². The highest BCUT2D eigenvalue weighted by Gasteiger charge is 2.24. The van der Waals surface area contributed by atoms with Crippen molar-refractivity contribution in [2.45, 2.75) is 39.2 Å². The largest absolute Gasteiger partial charge is 0.458 e. The van der Waals surface area contributed by atoms with Gasteiger partial charge in [0, 0.05) is 47.6 Å². The van der Waals surface area contributed by atoms with Crippen LogP contribution in [0.4, 0.5) is 15.3 Å². The third kappa shape index (κ3) is 4.69. The van der Waals surface area contributed by atoms with E-state index in [4.69, 9.17) is 27.1 Å². The van der Waals surface area contributed by atoms with Gasteiger partial charge in [-0.15, -0.1) is 0 Å². The lowest BCUT2D eigenvalue weighted by molar-refractivity contribution is 0.281. The molecule has 11 heteroatoms. The van der Waals surface area contributed by atoms with E-state index in [-0.39, 0.29) is 28.7 Å². The molecule has 5 aromatic rings. The van der Waals surface area contributed by atoms with Gasteiger partial charge in [0.05, 0.1) is 15.2 Å². The minimum absolute atomic E-state index is 0.0839. The molecule has 2 aromatic carbocycles. The Hall–Kier alpha value is -3.63. The van der Waals surface area contributed by atoms with Gasteiger partial charge in [-0.3, -0.25) is 0 Å². The number of para-hydroxylation sites is 1. The van der Waals surface area contributed by atoms with Crippen molar-refractivity contribution in [2.24, 2.45) is 0 Å². The lowest BCUT2D eigenvalue weighted by Crippen LogP contribution is -2.25. The number of nitrogens with zero attached hydrogens (tertiary/aromatic N) is 6. The fourth-order valence-corrected chi connectivity index (χ4v) is 5.86. The van der Waals surface area contributed by atoms with Crippen LogP contribution in [0.5, 0.6) is 6.01 Å². The number of hydrogen-bond donors (Lipinski definition) is 1. The number of rotatable bonds is 5. The van der Waals surface area contributed by atoms with Crippen molar-refractivity contribution in [1.29, 1.82) is 0 Å². The van der Waals surface area contributed by atoms with Crippen molar-refractivity contribution < 1.29 is 9.13 Å². The van der Waals surface area contributed by atoms with Crippen LogP contribution in [0.25, 0.3) is 32.2 Å². The third-order valence-electron chi connectivity index (χ3n) is 6.66. The molecule has 0 aliphatic carbocycles. The molecule has 0 amide bonds. The molecular weight excluding hydrogens is 525 g/mol. The predicted molar refractivity (Wildman–Crippen MR) is 149 cm³/mol. The van der Waals surface area contributed by atoms with Gasteiger partial charge < -0.3 is 15.4 Å². The highest BCUT2D eigenvalue weighted by Crippen LogP contribution is 2.42. The zero-order chi connectivity index (χ0) is 26.2. The Morgan fingerprint density at radius 1 is 1.05 bits per heavy atom. The first kappa shape index (κ1) is 24.7. The maximum atomic E-state index is 16.4. The van der Waals surface area contributed by atoms with E-state index in [2.05, 4.69) is 24.8 Å². The van der Waals surface area contributed by atoms with E-state index in [0.29, 0.717) is 33.2 Å². The van der Waals surface area contributed by atoms with Gasteiger partial charge in [-0.1, -0.05) is 47.9 Å². The number of aromatic nitrogens is 5. The minimum atomic E-state index is -0.548. The first-order valence-corrected chi connectivity index (χ1v) is 13.7. The Labute approximate surface area is 227 Å². The number of fused-ring (bicyclic) bond motifs is 2. The number of hydrogen-bond acceptors (Lipinski definition) is 9. The van der Waals surface area contributed by atoms with Crippen molar-refractivity contribution in [1.82, 2.24) is 24.9 Å². The van der Waals surface area contributed by atoms with E-state index in [9.17, 15) is 0 Å². The van der Waals surface area contributed by atoms with Crippen LogP contribution in [0.15, 0.2) is 36.7 Å². The standard InChI is InChI=1S/C27H25ClFN7OS/c1-15-31-12-16(13-32-15)14-37-27-34-24-18(25(35-27)36-9-4-2-3-5-10-36)11-19(28)21(22(24)29)17-7-6-8-20-23(17)33-26(30)38-20/h6-8,11-13H,2-5,9-10,14H2,1H3,(H2,30,33). The number of anilines is 2. The summed E-state index contributed by atoms with van der Waals surface area (Å²) in [6, 6.07) is 7.38. The molecule has 0 saturated carbocycles. The van der Waals surface area contributed by atoms with Crippen LogP contribution in [0.2, 0.25) is 5.02 Å². The lowest BCUT2D eigenvalue weighted by Gasteiger charge is -2.24. The van der Waals surface area contributed by atoms with E-state index in [1.807, 2.05) is 19.1 Å². The Morgan fingerprint density at radius 3 is 2.58 bits per heavy atom. The molecule has 0 radical (unpaired) electrons. The summed E-state index contributed by atoms with van der Waals surface area (Å²) in [6.07, 6.45) is 7.75. The molecule has 194 valence electrons. The maximum Gasteiger partial charge on any atom is 0.319 e. The molecule has 1 aliphatic heterocycles. The van der Waals surface area contributed by atoms with Gasteiger partial charge in [-0.25, -0.2) is 19.3 Å². The second-order valence-corrected chi connectivity index (χ2v) is 10.8. The summed E-state index contributed by atoms with van der Waals surface area (Å²) in [6.45, 7) is 3.60. The third-order valence-corrected chi connectivity index (χ3v) is 7.80. The maximum absolute atomic E-state index is 16.4. The lowest BCUT2D eigenvalue weighted by atomic mass is 10.0. The molecule has 6 rings (SSSR count).